The number of hydrogen-bond donors (Lipinski definition) is 1. The molecule has 0 fully saturated rings. The number of unbranched alkanes of at least 4 members (excludes halogenated alkanes) is 1. The Labute approximate surface area is 129 Å². The molecule has 0 aliphatic carbocycles. The van der Waals surface area contributed by atoms with E-state index in [0.29, 0.717) is 18.1 Å². The van der Waals surface area contributed by atoms with Crippen molar-refractivity contribution in [1.82, 2.24) is 9.71 Å². The Hall–Kier alpha value is -2.17. The molecule has 0 amide bonds. The molecule has 2 aromatic rings. The van der Waals surface area contributed by atoms with E-state index in [1.54, 1.807) is 13.1 Å². The smallest absolute Gasteiger partial charge is 0.212 e. The van der Waals surface area contributed by atoms with Crippen LogP contribution in [-0.4, -0.2) is 19.2 Å². The molecular formula is C15H17N3O3S. The number of rotatable bonds is 7. The van der Waals surface area contributed by atoms with E-state index in [1.165, 1.54) is 0 Å². The van der Waals surface area contributed by atoms with Crippen LogP contribution >= 0.6 is 0 Å². The standard InChI is InChI=1S/C15H17N3O3S/c1-12(18-22(19,20)10-6-5-9-16)15-17-11-14(21-15)13-7-3-2-4-8-13/h2-4,7-8,11-12,18H,5-6,10H2,1H3. The van der Waals surface area contributed by atoms with Crippen molar-refractivity contribution in [3.05, 3.63) is 42.4 Å². The van der Waals surface area contributed by atoms with Crippen molar-refractivity contribution in [3.63, 3.8) is 0 Å². The summed E-state index contributed by atoms with van der Waals surface area (Å²) in [7, 11) is -3.46. The topological polar surface area (TPSA) is 96.0 Å². The van der Waals surface area contributed by atoms with Gasteiger partial charge in [-0.05, 0) is 13.3 Å². The van der Waals surface area contributed by atoms with Gasteiger partial charge in [0, 0.05) is 12.0 Å². The van der Waals surface area contributed by atoms with E-state index in [2.05, 4.69) is 9.71 Å². The third-order valence-electron chi connectivity index (χ3n) is 3.01. The van der Waals surface area contributed by atoms with Crippen LogP contribution in [0.4, 0.5) is 0 Å². The van der Waals surface area contributed by atoms with Gasteiger partial charge in [0.05, 0.1) is 24.1 Å². The van der Waals surface area contributed by atoms with E-state index in [-0.39, 0.29) is 12.2 Å². The van der Waals surface area contributed by atoms with Gasteiger partial charge in [0.2, 0.25) is 15.9 Å². The number of sulfonamides is 1. The number of aromatic nitrogens is 1. The summed E-state index contributed by atoms with van der Waals surface area (Å²) in [5.74, 6) is 0.811. The van der Waals surface area contributed by atoms with Gasteiger partial charge < -0.3 is 4.42 Å². The summed E-state index contributed by atoms with van der Waals surface area (Å²) in [6.45, 7) is 1.67. The van der Waals surface area contributed by atoms with Gasteiger partial charge in [-0.2, -0.15) is 5.26 Å². The van der Waals surface area contributed by atoms with Crippen LogP contribution in [0.3, 0.4) is 0 Å². The predicted molar refractivity (Wildman–Crippen MR) is 82.1 cm³/mol. The van der Waals surface area contributed by atoms with E-state index in [9.17, 15) is 8.42 Å². The molecule has 1 atom stereocenters. The maximum atomic E-state index is 11.9. The van der Waals surface area contributed by atoms with E-state index in [0.717, 1.165) is 5.56 Å². The van der Waals surface area contributed by atoms with Crippen molar-refractivity contribution in [2.75, 3.05) is 5.75 Å². The molecular weight excluding hydrogens is 302 g/mol. The van der Waals surface area contributed by atoms with Crippen LogP contribution in [0.15, 0.2) is 40.9 Å². The lowest BCUT2D eigenvalue weighted by Gasteiger charge is -2.10. The van der Waals surface area contributed by atoms with Gasteiger partial charge >= 0.3 is 0 Å². The van der Waals surface area contributed by atoms with Crippen molar-refractivity contribution in [1.29, 1.82) is 5.26 Å². The van der Waals surface area contributed by atoms with Crippen LogP contribution in [0.2, 0.25) is 0 Å². The van der Waals surface area contributed by atoms with E-state index in [1.807, 2.05) is 36.4 Å². The average Bonchev–Trinajstić information content (AvgIpc) is 2.98. The molecule has 1 heterocycles. The van der Waals surface area contributed by atoms with E-state index >= 15 is 0 Å². The Morgan fingerprint density at radius 1 is 1.36 bits per heavy atom. The zero-order valence-electron chi connectivity index (χ0n) is 12.2. The molecule has 6 nitrogen and oxygen atoms in total. The minimum atomic E-state index is -3.46. The van der Waals surface area contributed by atoms with Crippen molar-refractivity contribution >= 4 is 10.0 Å². The quantitative estimate of drug-likeness (QED) is 0.791. The molecule has 116 valence electrons. The number of nitriles is 1. The summed E-state index contributed by atoms with van der Waals surface area (Å²) >= 11 is 0. The number of hydrogen-bond acceptors (Lipinski definition) is 5. The predicted octanol–water partition coefficient (Wildman–Crippen LogP) is 2.63. The monoisotopic (exact) mass is 319 g/mol. The second-order valence-corrected chi connectivity index (χ2v) is 6.72. The summed E-state index contributed by atoms with van der Waals surface area (Å²) in [6, 6.07) is 10.8. The fraction of sp³-hybridized carbons (Fsp3) is 0.333. The largest absolute Gasteiger partial charge is 0.439 e. The van der Waals surface area contributed by atoms with Gasteiger partial charge in [-0.25, -0.2) is 18.1 Å². The molecule has 0 spiro atoms. The lowest BCUT2D eigenvalue weighted by Crippen LogP contribution is -2.29. The molecule has 0 saturated heterocycles. The second-order valence-electron chi connectivity index (χ2n) is 4.85. The summed E-state index contributed by atoms with van der Waals surface area (Å²) in [6.07, 6.45) is 2.09. The Morgan fingerprint density at radius 3 is 2.77 bits per heavy atom. The molecule has 1 aromatic heterocycles. The van der Waals surface area contributed by atoms with Crippen LogP contribution < -0.4 is 4.72 Å². The van der Waals surface area contributed by atoms with Crippen LogP contribution in [0.5, 0.6) is 0 Å². The first-order valence-corrected chi connectivity index (χ1v) is 8.55. The highest BCUT2D eigenvalue weighted by Crippen LogP contribution is 2.23. The zero-order valence-corrected chi connectivity index (χ0v) is 13.0. The Kier molecular flexibility index (Phi) is 5.31. The third kappa shape index (κ3) is 4.41. The molecule has 1 N–H and O–H groups in total. The van der Waals surface area contributed by atoms with Crippen molar-refractivity contribution in [2.45, 2.75) is 25.8 Å². The van der Waals surface area contributed by atoms with Gasteiger partial charge in [0.25, 0.3) is 0 Å². The maximum absolute atomic E-state index is 11.9. The Morgan fingerprint density at radius 2 is 2.09 bits per heavy atom. The molecule has 0 saturated carbocycles. The molecule has 22 heavy (non-hydrogen) atoms. The summed E-state index contributed by atoms with van der Waals surface area (Å²) in [5.41, 5.74) is 0.880. The molecule has 1 unspecified atom stereocenters. The van der Waals surface area contributed by atoms with E-state index < -0.39 is 16.1 Å². The SMILES string of the molecule is CC(NS(=O)(=O)CCCC#N)c1ncc(-c2ccccc2)o1. The maximum Gasteiger partial charge on any atom is 0.212 e. The minimum Gasteiger partial charge on any atom is -0.439 e. The number of nitrogens with zero attached hydrogens (tertiary/aromatic N) is 2. The summed E-state index contributed by atoms with van der Waals surface area (Å²) in [4.78, 5) is 4.13. The molecule has 0 aliphatic heterocycles. The first kappa shape index (κ1) is 16.2. The first-order chi connectivity index (χ1) is 10.5. The van der Waals surface area contributed by atoms with Crippen LogP contribution in [0.1, 0.15) is 31.7 Å². The van der Waals surface area contributed by atoms with Crippen LogP contribution in [0, 0.1) is 11.3 Å². The highest BCUT2D eigenvalue weighted by Gasteiger charge is 2.19. The molecule has 0 bridgehead atoms. The highest BCUT2D eigenvalue weighted by molar-refractivity contribution is 7.89. The molecule has 7 heteroatoms. The number of oxazole rings is 1. The highest BCUT2D eigenvalue weighted by atomic mass is 32.2. The van der Waals surface area contributed by atoms with Crippen molar-refractivity contribution < 1.29 is 12.8 Å². The van der Waals surface area contributed by atoms with Crippen molar-refractivity contribution in [3.8, 4) is 17.4 Å². The fourth-order valence-corrected chi connectivity index (χ4v) is 3.23. The summed E-state index contributed by atoms with van der Waals surface area (Å²) < 4.78 is 31.9. The normalized spacial score (nSPS) is 12.7. The second kappa shape index (κ2) is 7.20. The van der Waals surface area contributed by atoms with Gasteiger partial charge in [-0.15, -0.1) is 0 Å². The third-order valence-corrected chi connectivity index (χ3v) is 4.55. The first-order valence-electron chi connectivity index (χ1n) is 6.90. The molecule has 1 aromatic carbocycles. The van der Waals surface area contributed by atoms with Gasteiger partial charge in [0.15, 0.2) is 5.76 Å². The lowest BCUT2D eigenvalue weighted by molar-refractivity contribution is 0.452. The van der Waals surface area contributed by atoms with Crippen LogP contribution in [-0.2, 0) is 10.0 Å². The lowest BCUT2D eigenvalue weighted by atomic mass is 10.2. The molecule has 0 radical (unpaired) electrons. The van der Waals surface area contributed by atoms with Gasteiger partial charge in [-0.3, -0.25) is 0 Å². The Balaban J connectivity index is 2.03. The number of benzene rings is 1. The van der Waals surface area contributed by atoms with Crippen LogP contribution in [0.25, 0.3) is 11.3 Å². The molecule has 2 rings (SSSR count). The fourth-order valence-electron chi connectivity index (χ4n) is 1.94. The Bertz CT molecular complexity index is 748. The van der Waals surface area contributed by atoms with Gasteiger partial charge in [0.1, 0.15) is 0 Å². The van der Waals surface area contributed by atoms with Crippen molar-refractivity contribution in [2.24, 2.45) is 0 Å². The van der Waals surface area contributed by atoms with Gasteiger partial charge in [-0.1, -0.05) is 30.3 Å². The van der Waals surface area contributed by atoms with E-state index in [4.69, 9.17) is 9.68 Å². The summed E-state index contributed by atoms with van der Waals surface area (Å²) in [5, 5.41) is 8.44. The average molecular weight is 319 g/mol. The number of nitrogens with one attached hydrogen (secondary N) is 1. The zero-order chi connectivity index (χ0) is 16.0. The molecule has 0 aliphatic rings. The minimum absolute atomic E-state index is 0.0862.